The number of hydrogen-bond acceptors (Lipinski definition) is 1. The average Bonchev–Trinajstić information content (AvgIpc) is 2.43. The van der Waals surface area contributed by atoms with E-state index in [1.807, 2.05) is 0 Å². The van der Waals surface area contributed by atoms with Crippen LogP contribution in [0.3, 0.4) is 0 Å². The molecule has 0 heterocycles. The third-order valence-corrected chi connectivity index (χ3v) is 4.77. The molecule has 0 aromatic heterocycles. The summed E-state index contributed by atoms with van der Waals surface area (Å²) in [6.45, 7) is 0. The van der Waals surface area contributed by atoms with E-state index in [1.165, 1.54) is 12.1 Å². The zero-order valence-electron chi connectivity index (χ0n) is 11.7. The van der Waals surface area contributed by atoms with Gasteiger partial charge in [0.1, 0.15) is 5.82 Å². The summed E-state index contributed by atoms with van der Waals surface area (Å²) in [5.41, 5.74) is 0.767. The second-order valence-corrected chi connectivity index (χ2v) is 6.36. The second kappa shape index (κ2) is 5.90. The van der Waals surface area contributed by atoms with Gasteiger partial charge < -0.3 is 5.32 Å². The van der Waals surface area contributed by atoms with Crippen LogP contribution in [-0.2, 0) is 10.2 Å². The molecule has 1 amide bonds. The SMILES string of the molecule is O=C(Nc1ccc(Cl)cc1Cl)C1(c2ccc(F)cc2)CCC1. The first kappa shape index (κ1) is 15.3. The molecule has 1 aliphatic rings. The van der Waals surface area contributed by atoms with Crippen molar-refractivity contribution in [2.24, 2.45) is 0 Å². The lowest BCUT2D eigenvalue weighted by Gasteiger charge is -2.40. The van der Waals surface area contributed by atoms with Crippen molar-refractivity contribution in [3.05, 3.63) is 63.9 Å². The molecule has 22 heavy (non-hydrogen) atoms. The Labute approximate surface area is 138 Å². The maximum absolute atomic E-state index is 13.1. The number of halogens is 3. The van der Waals surface area contributed by atoms with Crippen molar-refractivity contribution < 1.29 is 9.18 Å². The van der Waals surface area contributed by atoms with Crippen molar-refractivity contribution in [2.45, 2.75) is 24.7 Å². The number of carbonyl (C=O) groups excluding carboxylic acids is 1. The Hall–Kier alpha value is -1.58. The fourth-order valence-corrected chi connectivity index (χ4v) is 3.23. The fraction of sp³-hybridized carbons (Fsp3) is 0.235. The first-order chi connectivity index (χ1) is 10.5. The van der Waals surface area contributed by atoms with E-state index in [0.717, 1.165) is 24.8 Å². The van der Waals surface area contributed by atoms with Gasteiger partial charge in [-0.15, -0.1) is 0 Å². The van der Waals surface area contributed by atoms with Gasteiger partial charge in [0.15, 0.2) is 0 Å². The summed E-state index contributed by atoms with van der Waals surface area (Å²) < 4.78 is 13.1. The van der Waals surface area contributed by atoms with E-state index in [9.17, 15) is 9.18 Å². The van der Waals surface area contributed by atoms with Crippen molar-refractivity contribution in [1.82, 2.24) is 0 Å². The highest BCUT2D eigenvalue weighted by molar-refractivity contribution is 6.36. The average molecular weight is 338 g/mol. The van der Waals surface area contributed by atoms with E-state index in [0.29, 0.717) is 15.7 Å². The Balaban J connectivity index is 1.87. The number of hydrogen-bond donors (Lipinski definition) is 1. The summed E-state index contributed by atoms with van der Waals surface area (Å²) in [7, 11) is 0. The molecule has 0 aliphatic heterocycles. The van der Waals surface area contributed by atoms with Crippen LogP contribution in [0.1, 0.15) is 24.8 Å². The molecule has 2 aromatic rings. The van der Waals surface area contributed by atoms with E-state index in [2.05, 4.69) is 5.32 Å². The quantitative estimate of drug-likeness (QED) is 0.819. The molecule has 0 saturated heterocycles. The monoisotopic (exact) mass is 337 g/mol. The van der Waals surface area contributed by atoms with Crippen molar-refractivity contribution in [3.63, 3.8) is 0 Å². The molecular formula is C17H14Cl2FNO. The Bertz CT molecular complexity index is 711. The highest BCUT2D eigenvalue weighted by Crippen LogP contribution is 2.45. The van der Waals surface area contributed by atoms with Crippen molar-refractivity contribution in [2.75, 3.05) is 5.32 Å². The van der Waals surface area contributed by atoms with E-state index < -0.39 is 5.41 Å². The minimum Gasteiger partial charge on any atom is -0.324 e. The predicted molar refractivity (Wildman–Crippen MR) is 87.0 cm³/mol. The van der Waals surface area contributed by atoms with Crippen LogP contribution >= 0.6 is 23.2 Å². The van der Waals surface area contributed by atoms with Gasteiger partial charge in [0.05, 0.1) is 16.1 Å². The molecule has 1 N–H and O–H groups in total. The Morgan fingerprint density at radius 3 is 2.32 bits per heavy atom. The molecule has 114 valence electrons. The number of amides is 1. The largest absolute Gasteiger partial charge is 0.324 e. The maximum Gasteiger partial charge on any atom is 0.235 e. The molecule has 1 fully saturated rings. The highest BCUT2D eigenvalue weighted by atomic mass is 35.5. The lowest BCUT2D eigenvalue weighted by molar-refractivity contribution is -0.124. The molecule has 0 radical (unpaired) electrons. The zero-order chi connectivity index (χ0) is 15.7. The molecule has 1 saturated carbocycles. The van der Waals surface area contributed by atoms with Crippen molar-refractivity contribution >= 4 is 34.8 Å². The number of rotatable bonds is 3. The van der Waals surface area contributed by atoms with Crippen LogP contribution in [0, 0.1) is 5.82 Å². The molecular weight excluding hydrogens is 324 g/mol. The molecule has 3 rings (SSSR count). The first-order valence-corrected chi connectivity index (χ1v) is 7.79. The van der Waals surface area contributed by atoms with E-state index >= 15 is 0 Å². The first-order valence-electron chi connectivity index (χ1n) is 7.04. The lowest BCUT2D eigenvalue weighted by Crippen LogP contribution is -2.46. The number of benzene rings is 2. The second-order valence-electron chi connectivity index (χ2n) is 5.52. The normalized spacial score (nSPS) is 16.0. The number of carbonyl (C=O) groups is 1. The molecule has 0 spiro atoms. The summed E-state index contributed by atoms with van der Waals surface area (Å²) in [6.07, 6.45) is 2.46. The Morgan fingerprint density at radius 1 is 1.09 bits per heavy atom. The van der Waals surface area contributed by atoms with Gasteiger partial charge in [-0.2, -0.15) is 0 Å². The minimum absolute atomic E-state index is 0.116. The van der Waals surface area contributed by atoms with Gasteiger partial charge >= 0.3 is 0 Å². The van der Waals surface area contributed by atoms with Crippen LogP contribution in [0.5, 0.6) is 0 Å². The third-order valence-electron chi connectivity index (χ3n) is 4.22. The summed E-state index contributed by atoms with van der Waals surface area (Å²) >= 11 is 12.0. The van der Waals surface area contributed by atoms with Gasteiger partial charge in [0.2, 0.25) is 5.91 Å². The molecule has 2 aromatic carbocycles. The van der Waals surface area contributed by atoms with Crippen LogP contribution in [0.15, 0.2) is 42.5 Å². The van der Waals surface area contributed by atoms with Gasteiger partial charge in [-0.1, -0.05) is 41.8 Å². The summed E-state index contributed by atoms with van der Waals surface area (Å²) in [5.74, 6) is -0.422. The predicted octanol–water partition coefficient (Wildman–Crippen LogP) is 5.19. The van der Waals surface area contributed by atoms with Crippen molar-refractivity contribution in [3.8, 4) is 0 Å². The number of anilines is 1. The van der Waals surface area contributed by atoms with Crippen LogP contribution in [0.4, 0.5) is 10.1 Å². The lowest BCUT2D eigenvalue weighted by atomic mass is 9.64. The number of nitrogens with one attached hydrogen (secondary N) is 1. The zero-order valence-corrected chi connectivity index (χ0v) is 13.2. The summed E-state index contributed by atoms with van der Waals surface area (Å²) in [5, 5.41) is 3.78. The van der Waals surface area contributed by atoms with E-state index in [4.69, 9.17) is 23.2 Å². The van der Waals surface area contributed by atoms with Gasteiger partial charge in [-0.05, 0) is 48.7 Å². The van der Waals surface area contributed by atoms with E-state index in [1.54, 1.807) is 30.3 Å². The molecule has 0 bridgehead atoms. The van der Waals surface area contributed by atoms with Gasteiger partial charge in [0, 0.05) is 5.02 Å². The minimum atomic E-state index is -0.601. The molecule has 5 heteroatoms. The molecule has 0 atom stereocenters. The highest BCUT2D eigenvalue weighted by Gasteiger charge is 2.45. The summed E-state index contributed by atoms with van der Waals surface area (Å²) in [6, 6.07) is 11.1. The Kier molecular flexibility index (Phi) is 4.11. The van der Waals surface area contributed by atoms with E-state index in [-0.39, 0.29) is 11.7 Å². The third kappa shape index (κ3) is 2.71. The van der Waals surface area contributed by atoms with Gasteiger partial charge in [-0.25, -0.2) is 4.39 Å². The maximum atomic E-state index is 13.1. The van der Waals surface area contributed by atoms with Crippen molar-refractivity contribution in [1.29, 1.82) is 0 Å². The smallest absolute Gasteiger partial charge is 0.235 e. The van der Waals surface area contributed by atoms with Crippen LogP contribution in [0.25, 0.3) is 0 Å². The standard InChI is InChI=1S/C17H14Cl2FNO/c18-12-4-7-15(14(19)10-12)21-16(22)17(8-1-9-17)11-2-5-13(20)6-3-11/h2-7,10H,1,8-9H2,(H,21,22). The van der Waals surface area contributed by atoms with Crippen LogP contribution in [-0.4, -0.2) is 5.91 Å². The van der Waals surface area contributed by atoms with Gasteiger partial charge in [0.25, 0.3) is 0 Å². The molecule has 1 aliphatic carbocycles. The van der Waals surface area contributed by atoms with Gasteiger partial charge in [-0.3, -0.25) is 4.79 Å². The van der Waals surface area contributed by atoms with Crippen LogP contribution in [0.2, 0.25) is 10.0 Å². The van der Waals surface area contributed by atoms with Crippen LogP contribution < -0.4 is 5.32 Å². The molecule has 0 unspecified atom stereocenters. The molecule has 2 nitrogen and oxygen atoms in total. The summed E-state index contributed by atoms with van der Waals surface area (Å²) in [4.78, 5) is 12.7. The Morgan fingerprint density at radius 2 is 1.77 bits per heavy atom. The fourth-order valence-electron chi connectivity index (χ4n) is 2.78. The topological polar surface area (TPSA) is 29.1 Å².